The second-order valence-corrected chi connectivity index (χ2v) is 17.9. The van der Waals surface area contributed by atoms with Crippen LogP contribution in [-0.2, 0) is 44.6 Å². The molecule has 2 N–H and O–H groups in total. The molecule has 61 heavy (non-hydrogen) atoms. The third kappa shape index (κ3) is 9.91. The van der Waals surface area contributed by atoms with Crippen molar-refractivity contribution in [2.75, 3.05) is 20.7 Å². The number of aromatic nitrogens is 3. The van der Waals surface area contributed by atoms with Crippen LogP contribution in [0.4, 0.5) is 4.79 Å². The molecule has 2 aromatic heterocycles. The Kier molecular flexibility index (Phi) is 14.2. The molecule has 0 aliphatic carbocycles. The number of hydrogen-bond donors (Lipinski definition) is 2. The molecule has 15 heteroatoms. The normalized spacial score (nSPS) is 35.5. The highest BCUT2D eigenvalue weighted by Crippen LogP contribution is 2.41. The van der Waals surface area contributed by atoms with Crippen molar-refractivity contribution >= 4 is 40.6 Å². The summed E-state index contributed by atoms with van der Waals surface area (Å²) in [5.41, 5.74) is -0.428. The molecule has 5 heterocycles. The van der Waals surface area contributed by atoms with Crippen LogP contribution in [0.1, 0.15) is 79.0 Å². The third-order valence-electron chi connectivity index (χ3n) is 12.9. The van der Waals surface area contributed by atoms with E-state index in [-0.39, 0.29) is 43.9 Å². The Bertz CT molecular complexity index is 2090. The van der Waals surface area contributed by atoms with Gasteiger partial charge in [0.05, 0.1) is 53.9 Å². The van der Waals surface area contributed by atoms with Crippen molar-refractivity contribution in [1.82, 2.24) is 24.8 Å². The van der Waals surface area contributed by atoms with Gasteiger partial charge < -0.3 is 43.6 Å². The third-order valence-corrected chi connectivity index (χ3v) is 12.9. The molecule has 332 valence electrons. The van der Waals surface area contributed by atoms with Gasteiger partial charge >= 0.3 is 12.1 Å². The standard InChI is InChI=1S/C46H63N5O10/c1-11-36-46(8)40(49-44(56)61-46)33(24-51-23-27(3)48-25-51)37(52)26(2)21-45(7,57-18-14-15-31-20-32-16-12-13-17-34(32)47-22-31)41(29(5)38(53)30(6)42(55)59-36)60-43-39(54)35(50(9)10)19-28(4)58-43/h12-17,20,22-23,25-26,28-30,33,35-36,39-41,43,54H,11,18-19,21,24H2,1-10H3,(H,49,56)/b15-14+/t26-,28-,29+,30-,33+,35+,36-,39-,40-,41-,43+,45+,46-/m1/s1. The maximum absolute atomic E-state index is 15.2. The van der Waals surface area contributed by atoms with Crippen molar-refractivity contribution in [1.29, 1.82) is 0 Å². The lowest BCUT2D eigenvalue weighted by molar-refractivity contribution is -0.296. The lowest BCUT2D eigenvalue weighted by Crippen LogP contribution is -2.60. The molecule has 3 aliphatic rings. The van der Waals surface area contributed by atoms with Crippen LogP contribution in [0.5, 0.6) is 0 Å². The van der Waals surface area contributed by atoms with Crippen molar-refractivity contribution in [3.05, 3.63) is 66.4 Å². The van der Waals surface area contributed by atoms with Gasteiger partial charge in [0.15, 0.2) is 17.7 Å². The minimum atomic E-state index is -1.47. The van der Waals surface area contributed by atoms with Crippen LogP contribution < -0.4 is 5.32 Å². The van der Waals surface area contributed by atoms with Crippen LogP contribution in [0.3, 0.4) is 0 Å². The van der Waals surface area contributed by atoms with Crippen LogP contribution in [0.2, 0.25) is 0 Å². The maximum atomic E-state index is 15.2. The number of para-hydroxylation sites is 1. The van der Waals surface area contributed by atoms with Crippen molar-refractivity contribution in [3.8, 4) is 0 Å². The zero-order chi connectivity index (χ0) is 44.4. The number of rotatable bonds is 10. The van der Waals surface area contributed by atoms with E-state index in [9.17, 15) is 19.5 Å². The van der Waals surface area contributed by atoms with Gasteiger partial charge in [-0.3, -0.25) is 19.4 Å². The number of cyclic esters (lactones) is 1. The number of alkyl carbamates (subject to hydrolysis) is 1. The highest BCUT2D eigenvalue weighted by atomic mass is 16.7. The smallest absolute Gasteiger partial charge is 0.408 e. The summed E-state index contributed by atoms with van der Waals surface area (Å²) in [4.78, 5) is 67.9. The molecule has 0 bridgehead atoms. The number of esters is 1. The lowest BCUT2D eigenvalue weighted by atomic mass is 9.73. The van der Waals surface area contributed by atoms with Gasteiger partial charge in [0.1, 0.15) is 23.9 Å². The number of benzene rings is 1. The van der Waals surface area contributed by atoms with E-state index in [0.717, 1.165) is 22.2 Å². The number of aryl methyl sites for hydroxylation is 1. The number of ether oxygens (including phenoxy) is 5. The van der Waals surface area contributed by atoms with E-state index in [0.29, 0.717) is 6.42 Å². The number of amides is 1. The molecule has 1 amide bonds. The lowest BCUT2D eigenvalue weighted by Gasteiger charge is -2.47. The van der Waals surface area contributed by atoms with Gasteiger partial charge in [0.2, 0.25) is 0 Å². The monoisotopic (exact) mass is 845 g/mol. The minimum Gasteiger partial charge on any atom is -0.458 e. The molecule has 3 aliphatic heterocycles. The number of carbonyl (C=O) groups is 4. The summed E-state index contributed by atoms with van der Waals surface area (Å²) < 4.78 is 33.7. The van der Waals surface area contributed by atoms with E-state index in [1.54, 1.807) is 51.7 Å². The van der Waals surface area contributed by atoms with Crippen LogP contribution in [-0.4, -0.2) is 123 Å². The average molecular weight is 846 g/mol. The number of fused-ring (bicyclic) bond motifs is 2. The first-order valence-corrected chi connectivity index (χ1v) is 21.4. The first-order chi connectivity index (χ1) is 28.8. The van der Waals surface area contributed by atoms with Gasteiger partial charge in [-0.15, -0.1) is 0 Å². The second-order valence-electron chi connectivity index (χ2n) is 17.9. The first kappa shape index (κ1) is 46.0. The van der Waals surface area contributed by atoms with Crippen molar-refractivity contribution in [2.24, 2.45) is 23.7 Å². The summed E-state index contributed by atoms with van der Waals surface area (Å²) in [5.74, 6) is -5.47. The van der Waals surface area contributed by atoms with Gasteiger partial charge in [0, 0.05) is 42.2 Å². The number of hydrogen-bond acceptors (Lipinski definition) is 13. The Morgan fingerprint density at radius 3 is 2.49 bits per heavy atom. The molecule has 0 unspecified atom stereocenters. The Labute approximate surface area is 358 Å². The van der Waals surface area contributed by atoms with E-state index < -0.39 is 83.4 Å². The summed E-state index contributed by atoms with van der Waals surface area (Å²) in [6.45, 7) is 14.1. The zero-order valence-corrected chi connectivity index (χ0v) is 37.1. The van der Waals surface area contributed by atoms with E-state index in [2.05, 4.69) is 15.3 Å². The largest absolute Gasteiger partial charge is 0.458 e. The van der Waals surface area contributed by atoms with E-state index in [1.807, 2.05) is 81.5 Å². The van der Waals surface area contributed by atoms with Gasteiger partial charge in [0.25, 0.3) is 0 Å². The summed E-state index contributed by atoms with van der Waals surface area (Å²) in [6.07, 6.45) is 4.26. The quantitative estimate of drug-likeness (QED) is 0.199. The molecule has 0 saturated carbocycles. The Balaban J connectivity index is 1.44. The van der Waals surface area contributed by atoms with Gasteiger partial charge in [-0.2, -0.15) is 0 Å². The van der Waals surface area contributed by atoms with Crippen molar-refractivity contribution in [3.63, 3.8) is 0 Å². The Morgan fingerprint density at radius 2 is 1.80 bits per heavy atom. The number of aliphatic hydroxyl groups excluding tert-OH is 1. The average Bonchev–Trinajstić information content (AvgIpc) is 3.78. The van der Waals surface area contributed by atoms with E-state index >= 15 is 4.79 Å². The van der Waals surface area contributed by atoms with Gasteiger partial charge in [-0.25, -0.2) is 9.78 Å². The zero-order valence-electron chi connectivity index (χ0n) is 37.1. The predicted octanol–water partition coefficient (Wildman–Crippen LogP) is 5.29. The number of nitrogens with zero attached hydrogens (tertiary/aromatic N) is 4. The van der Waals surface area contributed by atoms with E-state index in [4.69, 9.17) is 23.7 Å². The summed E-state index contributed by atoms with van der Waals surface area (Å²) in [5, 5.41) is 15.6. The molecule has 15 nitrogen and oxygen atoms in total. The summed E-state index contributed by atoms with van der Waals surface area (Å²) in [7, 11) is 3.74. The molecular formula is C46H63N5O10. The minimum absolute atomic E-state index is 0.0356. The molecule has 3 fully saturated rings. The van der Waals surface area contributed by atoms with Crippen molar-refractivity contribution in [2.45, 2.75) is 135 Å². The Hall–Kier alpha value is -4.54. The molecule has 0 radical (unpaired) electrons. The fourth-order valence-electron chi connectivity index (χ4n) is 9.52. The predicted molar refractivity (Wildman–Crippen MR) is 227 cm³/mol. The number of carbonyl (C=O) groups excluding carboxylic acids is 4. The number of ketones is 2. The molecule has 13 atom stereocenters. The van der Waals surface area contributed by atoms with Gasteiger partial charge in [-0.1, -0.05) is 51.1 Å². The topological polar surface area (TPSA) is 181 Å². The highest BCUT2D eigenvalue weighted by Gasteiger charge is 2.58. The second kappa shape index (κ2) is 18.8. The number of aliphatic hydroxyl groups is 1. The Morgan fingerprint density at radius 1 is 1.07 bits per heavy atom. The number of Topliss-reactive ketones (excluding diaryl/α,β-unsaturated/α-hetero) is 2. The molecule has 6 rings (SSSR count). The first-order valence-electron chi connectivity index (χ1n) is 21.4. The fraction of sp³-hybridized carbons (Fsp3) is 0.609. The summed E-state index contributed by atoms with van der Waals surface area (Å²) >= 11 is 0. The number of pyridine rings is 1. The number of nitrogens with one attached hydrogen (secondary N) is 1. The van der Waals surface area contributed by atoms with Crippen LogP contribution in [0.25, 0.3) is 17.0 Å². The maximum Gasteiger partial charge on any atom is 0.408 e. The number of imidazole rings is 1. The SMILES string of the molecule is CC[C@H]1OC(=O)[C@H](C)C(=O)[C@H](C)[C@@H](O[C@@H]2O[C@H](C)C[C@H](N(C)C)[C@H]2O)[C@@](C)(OC/C=C/c2cnc3ccccc3c2)C[C@@H](C)C(=O)[C@H](Cn2cnc(C)c2)[C@H]2NC(=O)O[C@@]21C. The van der Waals surface area contributed by atoms with Crippen molar-refractivity contribution < 1.29 is 48.0 Å². The van der Waals surface area contributed by atoms with E-state index in [1.165, 1.54) is 6.92 Å². The molecule has 3 saturated heterocycles. The van der Waals surface area contributed by atoms with Crippen LogP contribution in [0, 0.1) is 30.6 Å². The molecule has 0 spiro atoms. The summed E-state index contributed by atoms with van der Waals surface area (Å²) in [6, 6.07) is 8.57. The highest BCUT2D eigenvalue weighted by molar-refractivity contribution is 6.00. The van der Waals surface area contributed by atoms with Crippen LogP contribution in [0.15, 0.2) is 55.1 Å². The van der Waals surface area contributed by atoms with Crippen LogP contribution >= 0.6 is 0 Å². The van der Waals surface area contributed by atoms with Gasteiger partial charge in [-0.05, 0) is 85.7 Å². The molecule has 1 aromatic carbocycles. The fourth-order valence-corrected chi connectivity index (χ4v) is 9.52. The number of likely N-dealkylation sites (N-methyl/N-ethyl adjacent to an activating group) is 1. The molecule has 3 aromatic rings. The molecular weight excluding hydrogens is 783 g/mol.